The molecule has 0 radical (unpaired) electrons. The summed E-state index contributed by atoms with van der Waals surface area (Å²) in [6.45, 7) is 6.02. The molecule has 11 heteroatoms. The lowest BCUT2D eigenvalue weighted by molar-refractivity contribution is -0.340. The number of alkyl halides is 1. The zero-order chi connectivity index (χ0) is 30.3. The Morgan fingerprint density at radius 1 is 1.12 bits per heavy atom. The van der Waals surface area contributed by atoms with Gasteiger partial charge in [-0.2, -0.15) is 0 Å². The topological polar surface area (TPSA) is 166 Å². The number of carbonyl (C=O) groups is 1. The summed E-state index contributed by atoms with van der Waals surface area (Å²) in [6, 6.07) is 8.15. The van der Waals surface area contributed by atoms with E-state index in [1.54, 1.807) is 18.9 Å². The number of amides is 1. The second-order valence-electron chi connectivity index (χ2n) is 11.9. The normalized spacial score (nSPS) is 24.4. The fourth-order valence-corrected chi connectivity index (χ4v) is 6.06. The van der Waals surface area contributed by atoms with Gasteiger partial charge in [0.2, 0.25) is 5.91 Å². The van der Waals surface area contributed by atoms with E-state index >= 15 is 0 Å². The molecule has 1 aliphatic heterocycles. The number of aryl methyl sites for hydroxylation is 1. The highest BCUT2D eigenvalue weighted by Crippen LogP contribution is 2.45. The molecule has 1 saturated heterocycles. The molecule has 10 nitrogen and oxygen atoms in total. The first-order chi connectivity index (χ1) is 18.5. The minimum Gasteiger partial charge on any atom is -0.366 e. The van der Waals surface area contributed by atoms with Crippen LogP contribution in [-0.2, 0) is 11.2 Å². The third-order valence-corrected chi connectivity index (χ3v) is 8.24. The van der Waals surface area contributed by atoms with Gasteiger partial charge < -0.3 is 41.3 Å². The molecule has 40 heavy (non-hydrogen) atoms. The molecule has 8 N–H and O–H groups in total. The van der Waals surface area contributed by atoms with Gasteiger partial charge in [0.15, 0.2) is 11.6 Å². The SMILES string of the molecule is CNC(C)CC1CC(C)C(C(CC(O)(O)O)C(C)(O)O)N1C(O)(CCc1ccccc1)NC(=O)C(C)CCCF. The molecular weight excluding hydrogens is 521 g/mol. The lowest BCUT2D eigenvalue weighted by Crippen LogP contribution is -2.68. The minimum atomic E-state index is -3.20. The Labute approximate surface area is 237 Å². The molecule has 7 unspecified atom stereocenters. The van der Waals surface area contributed by atoms with Crippen LogP contribution in [0.3, 0.4) is 0 Å². The molecule has 7 atom stereocenters. The number of benzene rings is 1. The summed E-state index contributed by atoms with van der Waals surface area (Å²) < 4.78 is 12.8. The Hall–Kier alpha value is -1.70. The van der Waals surface area contributed by atoms with Gasteiger partial charge >= 0.3 is 0 Å². The van der Waals surface area contributed by atoms with Crippen molar-refractivity contribution in [1.82, 2.24) is 15.5 Å². The van der Waals surface area contributed by atoms with E-state index in [1.165, 1.54) is 0 Å². The molecule has 0 aromatic heterocycles. The summed E-state index contributed by atoms with van der Waals surface area (Å²) in [5.74, 6) is -10.4. The van der Waals surface area contributed by atoms with E-state index < -0.39 is 54.5 Å². The van der Waals surface area contributed by atoms with Crippen LogP contribution in [-0.4, -0.2) is 90.9 Å². The van der Waals surface area contributed by atoms with E-state index in [-0.39, 0.29) is 37.3 Å². The maximum atomic E-state index is 13.4. The number of hydrogen-bond donors (Lipinski definition) is 8. The maximum absolute atomic E-state index is 13.4. The minimum absolute atomic E-state index is 0.00305. The molecule has 1 aliphatic rings. The van der Waals surface area contributed by atoms with E-state index in [0.29, 0.717) is 19.3 Å². The van der Waals surface area contributed by atoms with Gasteiger partial charge in [-0.1, -0.05) is 44.2 Å². The molecule has 1 heterocycles. The lowest BCUT2D eigenvalue weighted by Gasteiger charge is -2.49. The molecule has 0 saturated carbocycles. The van der Waals surface area contributed by atoms with Crippen molar-refractivity contribution in [2.45, 2.75) is 108 Å². The van der Waals surface area contributed by atoms with Crippen LogP contribution in [0.25, 0.3) is 0 Å². The van der Waals surface area contributed by atoms with Gasteiger partial charge in [-0.25, -0.2) is 0 Å². The number of aliphatic hydroxyl groups is 6. The summed E-state index contributed by atoms with van der Waals surface area (Å²) in [6.07, 6.45) is 1.10. The Bertz CT molecular complexity index is 911. The van der Waals surface area contributed by atoms with Gasteiger partial charge in [0, 0.05) is 42.8 Å². The lowest BCUT2D eigenvalue weighted by atomic mass is 9.81. The number of likely N-dealkylation sites (tertiary alicyclic amines) is 1. The third-order valence-electron chi connectivity index (χ3n) is 8.24. The predicted octanol–water partition coefficient (Wildman–Crippen LogP) is 1.18. The average molecular weight is 572 g/mol. The predicted molar refractivity (Wildman–Crippen MR) is 149 cm³/mol. The van der Waals surface area contributed by atoms with Crippen LogP contribution in [0.5, 0.6) is 0 Å². The Morgan fingerprint density at radius 2 is 1.75 bits per heavy atom. The number of nitrogens with one attached hydrogen (secondary N) is 2. The summed E-state index contributed by atoms with van der Waals surface area (Å²) in [5.41, 5.74) is 0.912. The van der Waals surface area contributed by atoms with Gasteiger partial charge in [0.1, 0.15) is 0 Å². The van der Waals surface area contributed by atoms with E-state index in [4.69, 9.17) is 0 Å². The van der Waals surface area contributed by atoms with Gasteiger partial charge in [0.05, 0.1) is 6.67 Å². The van der Waals surface area contributed by atoms with E-state index in [2.05, 4.69) is 10.6 Å². The third kappa shape index (κ3) is 9.70. The maximum Gasteiger partial charge on any atom is 0.275 e. The first-order valence-corrected chi connectivity index (χ1v) is 14.2. The molecule has 1 aromatic carbocycles. The fourth-order valence-electron chi connectivity index (χ4n) is 6.06. The fraction of sp³-hybridized carbons (Fsp3) is 0.759. The van der Waals surface area contributed by atoms with Crippen LogP contribution < -0.4 is 10.6 Å². The zero-order valence-electron chi connectivity index (χ0n) is 24.4. The van der Waals surface area contributed by atoms with Crippen LogP contribution >= 0.6 is 0 Å². The molecule has 0 spiro atoms. The highest BCUT2D eigenvalue weighted by molar-refractivity contribution is 5.78. The van der Waals surface area contributed by atoms with Crippen molar-refractivity contribution >= 4 is 5.91 Å². The second kappa shape index (κ2) is 14.5. The van der Waals surface area contributed by atoms with Crippen molar-refractivity contribution < 1.29 is 39.8 Å². The average Bonchev–Trinajstić information content (AvgIpc) is 3.19. The van der Waals surface area contributed by atoms with Crippen molar-refractivity contribution in [1.29, 1.82) is 0 Å². The van der Waals surface area contributed by atoms with E-state index in [0.717, 1.165) is 12.5 Å². The Kier molecular flexibility index (Phi) is 12.5. The van der Waals surface area contributed by atoms with Crippen molar-refractivity contribution in [2.24, 2.45) is 17.8 Å². The molecule has 0 aliphatic carbocycles. The molecule has 1 fully saturated rings. The van der Waals surface area contributed by atoms with Gasteiger partial charge in [-0.3, -0.25) is 14.1 Å². The van der Waals surface area contributed by atoms with Crippen molar-refractivity contribution in [3.05, 3.63) is 35.9 Å². The monoisotopic (exact) mass is 571 g/mol. The quantitative estimate of drug-likeness (QED) is 0.136. The van der Waals surface area contributed by atoms with Crippen molar-refractivity contribution in [3.8, 4) is 0 Å². The summed E-state index contributed by atoms with van der Waals surface area (Å²) in [5, 5.41) is 69.6. The molecule has 2 rings (SSSR count). The summed E-state index contributed by atoms with van der Waals surface area (Å²) in [4.78, 5) is 15.0. The van der Waals surface area contributed by atoms with E-state index in [1.807, 2.05) is 44.2 Å². The molecular formula is C29H50FN3O7. The Morgan fingerprint density at radius 3 is 2.27 bits per heavy atom. The van der Waals surface area contributed by atoms with Crippen molar-refractivity contribution in [2.75, 3.05) is 13.7 Å². The van der Waals surface area contributed by atoms with Crippen LogP contribution in [0.2, 0.25) is 0 Å². The van der Waals surface area contributed by atoms with Gasteiger partial charge in [-0.15, -0.1) is 0 Å². The summed E-state index contributed by atoms with van der Waals surface area (Å²) >= 11 is 0. The van der Waals surface area contributed by atoms with Crippen LogP contribution in [0.4, 0.5) is 4.39 Å². The molecule has 230 valence electrons. The first-order valence-electron chi connectivity index (χ1n) is 14.2. The Balaban J connectivity index is 2.63. The number of carbonyl (C=O) groups excluding carboxylic acids is 1. The van der Waals surface area contributed by atoms with Crippen LogP contribution in [0.1, 0.15) is 71.8 Å². The number of hydrogen-bond acceptors (Lipinski definition) is 9. The smallest absolute Gasteiger partial charge is 0.275 e. The molecule has 1 amide bonds. The number of halogens is 1. The van der Waals surface area contributed by atoms with Crippen molar-refractivity contribution in [3.63, 3.8) is 0 Å². The second-order valence-corrected chi connectivity index (χ2v) is 11.9. The standard InChI is InChI=1S/C29H50FN3O7/c1-19(10-9-15-30)26(34)32-28(37,14-13-22-11-7-6-8-12-22)33-23(17-21(3)31-5)16-20(2)25(33)24(27(4,35)36)18-29(38,39)40/h6-8,11-12,19-21,23-25,31,35-40H,9-10,13-18H2,1-5H3,(H,32,34). The van der Waals surface area contributed by atoms with E-state index in [9.17, 15) is 39.8 Å². The van der Waals surface area contributed by atoms with Gasteiger partial charge in [0.25, 0.3) is 5.97 Å². The summed E-state index contributed by atoms with van der Waals surface area (Å²) in [7, 11) is 1.81. The van der Waals surface area contributed by atoms with Crippen LogP contribution in [0, 0.1) is 17.8 Å². The molecule has 1 aromatic rings. The number of rotatable bonds is 16. The van der Waals surface area contributed by atoms with Crippen LogP contribution in [0.15, 0.2) is 30.3 Å². The number of nitrogens with zero attached hydrogens (tertiary/aromatic N) is 1. The highest BCUT2D eigenvalue weighted by atomic mass is 19.1. The van der Waals surface area contributed by atoms with Gasteiger partial charge in [-0.05, 0) is 64.5 Å². The first kappa shape index (κ1) is 34.5. The largest absolute Gasteiger partial charge is 0.366 e. The molecule has 0 bridgehead atoms. The highest BCUT2D eigenvalue weighted by Gasteiger charge is 2.56. The zero-order valence-corrected chi connectivity index (χ0v) is 24.4.